The number of aromatic hydroxyl groups is 1. The lowest BCUT2D eigenvalue weighted by Crippen LogP contribution is -2.54. The first kappa shape index (κ1) is 17.0. The van der Waals surface area contributed by atoms with Gasteiger partial charge >= 0.3 is 0 Å². The predicted molar refractivity (Wildman–Crippen MR) is 93.6 cm³/mol. The van der Waals surface area contributed by atoms with Crippen molar-refractivity contribution in [1.29, 1.82) is 0 Å². The summed E-state index contributed by atoms with van der Waals surface area (Å²) in [7, 11) is 4.62. The van der Waals surface area contributed by atoms with Crippen LogP contribution in [0.5, 0.6) is 23.0 Å². The molecular formula is C19H21NO5. The fourth-order valence-corrected chi connectivity index (χ4v) is 3.22. The van der Waals surface area contributed by atoms with Crippen molar-refractivity contribution >= 4 is 11.6 Å². The summed E-state index contributed by atoms with van der Waals surface area (Å²) in [4.78, 5) is 14.2. The molecule has 2 aromatic carbocycles. The van der Waals surface area contributed by atoms with Gasteiger partial charge in [-0.1, -0.05) is 13.0 Å². The Hall–Kier alpha value is -2.89. The molecular weight excluding hydrogens is 322 g/mol. The molecule has 2 aromatic rings. The van der Waals surface area contributed by atoms with E-state index in [9.17, 15) is 9.90 Å². The number of anilines is 1. The summed E-state index contributed by atoms with van der Waals surface area (Å²) in [6, 6.07) is 10.4. The first-order valence-electron chi connectivity index (χ1n) is 7.93. The number of carbonyl (C=O) groups is 1. The molecule has 0 saturated carbocycles. The summed E-state index contributed by atoms with van der Waals surface area (Å²) in [5.74, 6) is 1.46. The monoisotopic (exact) mass is 343 g/mol. The number of carbonyl (C=O) groups excluding carboxylic acids is 1. The fraction of sp³-hybridized carbons (Fsp3) is 0.316. The summed E-state index contributed by atoms with van der Waals surface area (Å²) in [6.07, 6.45) is 0. The van der Waals surface area contributed by atoms with Gasteiger partial charge in [-0.3, -0.25) is 4.79 Å². The Morgan fingerprint density at radius 3 is 2.16 bits per heavy atom. The lowest BCUT2D eigenvalue weighted by Gasteiger charge is -2.46. The lowest BCUT2D eigenvalue weighted by atomic mass is 9.83. The van der Waals surface area contributed by atoms with Gasteiger partial charge in [0.1, 0.15) is 0 Å². The van der Waals surface area contributed by atoms with Crippen LogP contribution in [0.3, 0.4) is 0 Å². The van der Waals surface area contributed by atoms with Crippen LogP contribution in [-0.2, 0) is 4.79 Å². The van der Waals surface area contributed by atoms with Crippen LogP contribution in [0.15, 0.2) is 36.4 Å². The molecule has 0 spiro atoms. The number of hydrogen-bond donors (Lipinski definition) is 1. The molecule has 0 aliphatic carbocycles. The summed E-state index contributed by atoms with van der Waals surface area (Å²) in [5.41, 5.74) is 1.57. The highest BCUT2D eigenvalue weighted by molar-refractivity contribution is 6.03. The third-order valence-corrected chi connectivity index (χ3v) is 4.57. The number of ether oxygens (including phenoxy) is 3. The van der Waals surface area contributed by atoms with Crippen molar-refractivity contribution < 1.29 is 24.1 Å². The van der Waals surface area contributed by atoms with Crippen molar-refractivity contribution in [3.63, 3.8) is 0 Å². The van der Waals surface area contributed by atoms with E-state index in [1.54, 1.807) is 43.4 Å². The SMILES string of the molecule is COc1ccc([C@H]2C(C)C(=O)N2c2ccc(OC)c(OC)c2)cc1O. The van der Waals surface area contributed by atoms with Gasteiger partial charge in [-0.15, -0.1) is 0 Å². The zero-order valence-corrected chi connectivity index (χ0v) is 14.6. The van der Waals surface area contributed by atoms with Crippen LogP contribution in [0.2, 0.25) is 0 Å². The van der Waals surface area contributed by atoms with E-state index in [-0.39, 0.29) is 23.6 Å². The highest BCUT2D eigenvalue weighted by Gasteiger charge is 2.46. The Bertz CT molecular complexity index is 804. The molecule has 0 bridgehead atoms. The topological polar surface area (TPSA) is 68.2 Å². The number of nitrogens with zero attached hydrogens (tertiary/aromatic N) is 1. The first-order chi connectivity index (χ1) is 12.0. The van der Waals surface area contributed by atoms with Gasteiger partial charge in [-0.25, -0.2) is 0 Å². The van der Waals surface area contributed by atoms with E-state index in [0.717, 1.165) is 11.3 Å². The number of phenols is 1. The van der Waals surface area contributed by atoms with Crippen molar-refractivity contribution in [2.45, 2.75) is 13.0 Å². The van der Waals surface area contributed by atoms with E-state index in [4.69, 9.17) is 14.2 Å². The van der Waals surface area contributed by atoms with Crippen molar-refractivity contribution in [2.24, 2.45) is 5.92 Å². The van der Waals surface area contributed by atoms with E-state index >= 15 is 0 Å². The summed E-state index contributed by atoms with van der Waals surface area (Å²) in [5, 5.41) is 10.1. The molecule has 132 valence electrons. The van der Waals surface area contributed by atoms with Gasteiger partial charge < -0.3 is 24.2 Å². The second-order valence-corrected chi connectivity index (χ2v) is 5.91. The molecule has 1 aliphatic heterocycles. The predicted octanol–water partition coefficient (Wildman–Crippen LogP) is 3.14. The van der Waals surface area contributed by atoms with E-state index in [0.29, 0.717) is 17.2 Å². The second-order valence-electron chi connectivity index (χ2n) is 5.91. The Kier molecular flexibility index (Phi) is 4.44. The fourth-order valence-electron chi connectivity index (χ4n) is 3.22. The quantitative estimate of drug-likeness (QED) is 0.845. The zero-order valence-electron chi connectivity index (χ0n) is 14.6. The molecule has 25 heavy (non-hydrogen) atoms. The number of hydrogen-bond acceptors (Lipinski definition) is 5. The number of phenolic OH excluding ortho intramolecular Hbond substituents is 1. The van der Waals surface area contributed by atoms with Gasteiger partial charge in [0.05, 0.1) is 33.3 Å². The van der Waals surface area contributed by atoms with Gasteiger partial charge in [-0.05, 0) is 29.8 Å². The number of amides is 1. The molecule has 6 heteroatoms. The molecule has 0 aromatic heterocycles. The molecule has 1 aliphatic rings. The van der Waals surface area contributed by atoms with E-state index in [1.165, 1.54) is 7.11 Å². The average molecular weight is 343 g/mol. The number of benzene rings is 2. The van der Waals surface area contributed by atoms with E-state index in [2.05, 4.69) is 0 Å². The minimum atomic E-state index is -0.180. The molecule has 1 saturated heterocycles. The maximum atomic E-state index is 12.5. The van der Waals surface area contributed by atoms with Crippen LogP contribution >= 0.6 is 0 Å². The second kappa shape index (κ2) is 6.55. The average Bonchev–Trinajstić information content (AvgIpc) is 2.64. The Balaban J connectivity index is 1.98. The van der Waals surface area contributed by atoms with Crippen molar-refractivity contribution in [3.8, 4) is 23.0 Å². The maximum Gasteiger partial charge on any atom is 0.232 e. The summed E-state index contributed by atoms with van der Waals surface area (Å²) in [6.45, 7) is 1.88. The van der Waals surface area contributed by atoms with Crippen LogP contribution in [0.4, 0.5) is 5.69 Å². The van der Waals surface area contributed by atoms with Gasteiger partial charge in [0.2, 0.25) is 5.91 Å². The molecule has 1 amide bonds. The Morgan fingerprint density at radius 1 is 0.920 bits per heavy atom. The van der Waals surface area contributed by atoms with Crippen LogP contribution in [-0.4, -0.2) is 32.3 Å². The van der Waals surface area contributed by atoms with Crippen LogP contribution < -0.4 is 19.1 Å². The summed E-state index contributed by atoms with van der Waals surface area (Å²) >= 11 is 0. The smallest absolute Gasteiger partial charge is 0.232 e. The highest BCUT2D eigenvalue weighted by Crippen LogP contribution is 2.46. The minimum Gasteiger partial charge on any atom is -0.504 e. The maximum absolute atomic E-state index is 12.5. The van der Waals surface area contributed by atoms with Gasteiger partial charge in [0.15, 0.2) is 23.0 Å². The molecule has 3 rings (SSSR count). The zero-order chi connectivity index (χ0) is 18.1. The van der Waals surface area contributed by atoms with Gasteiger partial charge in [0.25, 0.3) is 0 Å². The van der Waals surface area contributed by atoms with Crippen molar-refractivity contribution in [1.82, 2.24) is 0 Å². The lowest BCUT2D eigenvalue weighted by molar-refractivity contribution is -0.129. The van der Waals surface area contributed by atoms with E-state index in [1.807, 2.05) is 19.1 Å². The normalized spacial score (nSPS) is 19.4. The third-order valence-electron chi connectivity index (χ3n) is 4.57. The van der Waals surface area contributed by atoms with Crippen molar-refractivity contribution in [2.75, 3.05) is 26.2 Å². The molecule has 2 atom stereocenters. The van der Waals surface area contributed by atoms with Crippen molar-refractivity contribution in [3.05, 3.63) is 42.0 Å². The molecule has 1 heterocycles. The number of β-lactam (4-membered cyclic amide) rings is 1. The third kappa shape index (κ3) is 2.73. The Labute approximate surface area is 146 Å². The first-order valence-corrected chi connectivity index (χ1v) is 7.93. The number of methoxy groups -OCH3 is 3. The molecule has 1 fully saturated rings. The molecule has 1 N–H and O–H groups in total. The van der Waals surface area contributed by atoms with Crippen LogP contribution in [0, 0.1) is 5.92 Å². The summed E-state index contributed by atoms with van der Waals surface area (Å²) < 4.78 is 15.7. The largest absolute Gasteiger partial charge is 0.504 e. The minimum absolute atomic E-state index is 0.0209. The van der Waals surface area contributed by atoms with Gasteiger partial charge in [0, 0.05) is 11.8 Å². The van der Waals surface area contributed by atoms with Crippen LogP contribution in [0.1, 0.15) is 18.5 Å². The van der Waals surface area contributed by atoms with Crippen LogP contribution in [0.25, 0.3) is 0 Å². The molecule has 0 radical (unpaired) electrons. The van der Waals surface area contributed by atoms with Gasteiger partial charge in [-0.2, -0.15) is 0 Å². The highest BCUT2D eigenvalue weighted by atomic mass is 16.5. The molecule has 6 nitrogen and oxygen atoms in total. The Morgan fingerprint density at radius 2 is 1.56 bits per heavy atom. The van der Waals surface area contributed by atoms with E-state index < -0.39 is 0 Å². The molecule has 1 unspecified atom stereocenters. The number of rotatable bonds is 5. The standard InChI is InChI=1S/C19H21NO5/c1-11-18(12-5-7-15(23-2)14(21)9-12)20(19(11)22)13-6-8-16(24-3)17(10-13)25-4/h5-11,18,21H,1-4H3/t11?,18-/m1/s1.